The number of carbonyl (C=O) groups excluding carboxylic acids is 2. The van der Waals surface area contributed by atoms with Gasteiger partial charge in [-0.3, -0.25) is 14.5 Å². The Kier molecular flexibility index (Phi) is 4.65. The van der Waals surface area contributed by atoms with Gasteiger partial charge >= 0.3 is 0 Å². The van der Waals surface area contributed by atoms with E-state index in [9.17, 15) is 9.59 Å². The molecule has 1 fully saturated rings. The third-order valence-electron chi connectivity index (χ3n) is 6.98. The first-order valence-corrected chi connectivity index (χ1v) is 11.2. The van der Waals surface area contributed by atoms with Crippen LogP contribution in [0.15, 0.2) is 48.5 Å². The summed E-state index contributed by atoms with van der Waals surface area (Å²) in [5.74, 6) is -0.197. The van der Waals surface area contributed by atoms with Gasteiger partial charge in [0, 0.05) is 22.6 Å². The highest BCUT2D eigenvalue weighted by Gasteiger charge is 2.49. The van der Waals surface area contributed by atoms with E-state index in [1.54, 1.807) is 4.90 Å². The van der Waals surface area contributed by atoms with Gasteiger partial charge in [-0.15, -0.1) is 0 Å². The van der Waals surface area contributed by atoms with Crippen LogP contribution >= 0.6 is 0 Å². The van der Waals surface area contributed by atoms with E-state index in [-0.39, 0.29) is 17.9 Å². The van der Waals surface area contributed by atoms with E-state index in [1.807, 2.05) is 73.9 Å². The minimum Gasteiger partial charge on any atom is -0.351 e. The van der Waals surface area contributed by atoms with Gasteiger partial charge in [0.1, 0.15) is 11.2 Å². The molecule has 2 amide bonds. The van der Waals surface area contributed by atoms with Crippen LogP contribution in [-0.2, 0) is 11.3 Å². The molecular weight excluding hydrogens is 386 g/mol. The molecule has 1 aliphatic heterocycles. The van der Waals surface area contributed by atoms with E-state index in [2.05, 4.69) is 5.32 Å². The van der Waals surface area contributed by atoms with Crippen LogP contribution in [0, 0.1) is 13.8 Å². The number of anilines is 1. The van der Waals surface area contributed by atoms with Gasteiger partial charge in [-0.05, 0) is 62.9 Å². The van der Waals surface area contributed by atoms with Crippen LogP contribution in [0.3, 0.4) is 0 Å². The molecule has 1 atom stereocenters. The van der Waals surface area contributed by atoms with Crippen LogP contribution in [0.1, 0.15) is 54.2 Å². The van der Waals surface area contributed by atoms with Gasteiger partial charge in [0.15, 0.2) is 0 Å². The van der Waals surface area contributed by atoms with E-state index in [1.165, 1.54) is 0 Å². The molecule has 0 saturated heterocycles. The highest BCUT2D eigenvalue weighted by atomic mass is 16.2. The molecule has 1 aromatic heterocycles. The Morgan fingerprint density at radius 3 is 2.58 bits per heavy atom. The van der Waals surface area contributed by atoms with Gasteiger partial charge in [0.2, 0.25) is 5.91 Å². The highest BCUT2D eigenvalue weighted by Crippen LogP contribution is 2.38. The van der Waals surface area contributed by atoms with Crippen molar-refractivity contribution in [3.8, 4) is 0 Å². The van der Waals surface area contributed by atoms with Crippen molar-refractivity contribution < 1.29 is 9.59 Å². The lowest BCUT2D eigenvalue weighted by atomic mass is 9.92. The maximum Gasteiger partial charge on any atom is 0.275 e. The van der Waals surface area contributed by atoms with E-state index in [0.717, 1.165) is 53.4 Å². The summed E-state index contributed by atoms with van der Waals surface area (Å²) in [7, 11) is 0. The summed E-state index contributed by atoms with van der Waals surface area (Å²) in [6.45, 7) is 6.36. The van der Waals surface area contributed by atoms with Crippen molar-refractivity contribution in [3.63, 3.8) is 0 Å². The summed E-state index contributed by atoms with van der Waals surface area (Å²) in [4.78, 5) is 29.4. The number of hydrogen-bond acceptors (Lipinski definition) is 2. The molecule has 0 bridgehead atoms. The Bertz CT molecular complexity index is 1190. The van der Waals surface area contributed by atoms with Crippen molar-refractivity contribution in [2.75, 3.05) is 4.90 Å². The zero-order chi connectivity index (χ0) is 21.8. The molecule has 1 N–H and O–H groups in total. The molecule has 1 saturated carbocycles. The number of nitrogens with zero attached hydrogens (tertiary/aromatic N) is 2. The topological polar surface area (TPSA) is 54.3 Å². The summed E-state index contributed by atoms with van der Waals surface area (Å²) < 4.78 is 2.02. The molecular formula is C26H29N3O2. The normalized spacial score (nSPS) is 21.5. The Morgan fingerprint density at radius 1 is 1.06 bits per heavy atom. The van der Waals surface area contributed by atoms with Crippen molar-refractivity contribution in [2.45, 2.75) is 64.6 Å². The number of carbonyl (C=O) groups is 2. The fourth-order valence-electron chi connectivity index (χ4n) is 5.20. The summed E-state index contributed by atoms with van der Waals surface area (Å²) in [5.41, 5.74) is 3.47. The average Bonchev–Trinajstić information content (AvgIpc) is 3.38. The second-order valence-electron chi connectivity index (χ2n) is 9.33. The molecule has 2 heterocycles. The Morgan fingerprint density at radius 2 is 1.81 bits per heavy atom. The van der Waals surface area contributed by atoms with Crippen molar-refractivity contribution >= 4 is 28.4 Å². The number of amides is 2. The molecule has 31 heavy (non-hydrogen) atoms. The van der Waals surface area contributed by atoms with E-state index in [4.69, 9.17) is 0 Å². The quantitative estimate of drug-likeness (QED) is 0.672. The molecule has 0 unspecified atom stereocenters. The number of fused-ring (bicyclic) bond motifs is 3. The van der Waals surface area contributed by atoms with Crippen LogP contribution in [0.25, 0.3) is 10.9 Å². The van der Waals surface area contributed by atoms with Crippen LogP contribution in [0.4, 0.5) is 5.69 Å². The predicted octanol–water partition coefficient (Wildman–Crippen LogP) is 4.74. The third-order valence-corrected chi connectivity index (χ3v) is 6.98. The molecule has 5 nitrogen and oxygen atoms in total. The number of para-hydroxylation sites is 1. The first-order chi connectivity index (χ1) is 14.9. The summed E-state index contributed by atoms with van der Waals surface area (Å²) in [6, 6.07) is 16.2. The first-order valence-electron chi connectivity index (χ1n) is 11.2. The lowest BCUT2D eigenvalue weighted by molar-refractivity contribution is -0.127. The third kappa shape index (κ3) is 3.14. The molecule has 5 rings (SSSR count). The minimum absolute atomic E-state index is 0.0721. The SMILES string of the molecule is Cc1ccc(C)c(N2C(=O)c3cc4ccccc4n3C[C@]2(C)C(=O)NC2CCCC2)c1. The molecule has 0 spiro atoms. The maximum atomic E-state index is 13.9. The number of aryl methyl sites for hydroxylation is 2. The smallest absolute Gasteiger partial charge is 0.275 e. The lowest BCUT2D eigenvalue weighted by Crippen LogP contribution is -2.65. The summed E-state index contributed by atoms with van der Waals surface area (Å²) >= 11 is 0. The monoisotopic (exact) mass is 415 g/mol. The fraction of sp³-hybridized carbons (Fsp3) is 0.385. The van der Waals surface area contributed by atoms with E-state index < -0.39 is 5.54 Å². The van der Waals surface area contributed by atoms with Crippen molar-refractivity contribution in [1.82, 2.24) is 9.88 Å². The number of nitrogens with one attached hydrogen (secondary N) is 1. The molecule has 2 aliphatic rings. The van der Waals surface area contributed by atoms with Crippen molar-refractivity contribution in [3.05, 3.63) is 65.4 Å². The van der Waals surface area contributed by atoms with Crippen LogP contribution in [0.2, 0.25) is 0 Å². The maximum absolute atomic E-state index is 13.9. The standard InChI is InChI=1S/C26H29N3O2/c1-17-12-13-18(2)22(14-17)29-24(30)23-15-19-8-4-7-11-21(19)28(23)16-26(29,3)25(31)27-20-9-5-6-10-20/h4,7-8,11-15,20H,5-6,9-10,16H2,1-3H3,(H,27,31)/t26-/m1/s1. The number of rotatable bonds is 3. The van der Waals surface area contributed by atoms with Gasteiger partial charge in [0.25, 0.3) is 5.91 Å². The van der Waals surface area contributed by atoms with Crippen molar-refractivity contribution in [1.29, 1.82) is 0 Å². The van der Waals surface area contributed by atoms with Crippen LogP contribution in [-0.4, -0.2) is 28.0 Å². The van der Waals surface area contributed by atoms with Gasteiger partial charge in [0.05, 0.1) is 6.54 Å². The van der Waals surface area contributed by atoms with Gasteiger partial charge in [-0.25, -0.2) is 0 Å². The Balaban J connectivity index is 1.67. The second kappa shape index (κ2) is 7.26. The Labute approximate surface area is 183 Å². The molecule has 2 aromatic carbocycles. The first kappa shape index (κ1) is 19.9. The van der Waals surface area contributed by atoms with E-state index in [0.29, 0.717) is 12.2 Å². The molecule has 0 radical (unpaired) electrons. The number of aromatic nitrogens is 1. The van der Waals surface area contributed by atoms with Crippen molar-refractivity contribution in [2.24, 2.45) is 0 Å². The zero-order valence-corrected chi connectivity index (χ0v) is 18.4. The summed E-state index contributed by atoms with van der Waals surface area (Å²) in [6.07, 6.45) is 4.31. The van der Waals surface area contributed by atoms with Crippen LogP contribution in [0.5, 0.6) is 0 Å². The number of hydrogen-bond donors (Lipinski definition) is 1. The van der Waals surface area contributed by atoms with Gasteiger partial charge in [-0.2, -0.15) is 0 Å². The average molecular weight is 416 g/mol. The van der Waals surface area contributed by atoms with Gasteiger partial charge < -0.3 is 9.88 Å². The molecule has 1 aliphatic carbocycles. The van der Waals surface area contributed by atoms with Gasteiger partial charge in [-0.1, -0.05) is 43.2 Å². The Hall–Kier alpha value is -3.08. The van der Waals surface area contributed by atoms with E-state index >= 15 is 0 Å². The second-order valence-corrected chi connectivity index (χ2v) is 9.33. The van der Waals surface area contributed by atoms with Crippen LogP contribution < -0.4 is 10.2 Å². The molecule has 5 heteroatoms. The predicted molar refractivity (Wildman–Crippen MR) is 123 cm³/mol. The molecule has 160 valence electrons. The summed E-state index contributed by atoms with van der Waals surface area (Å²) in [5, 5.41) is 4.29. The highest BCUT2D eigenvalue weighted by molar-refractivity contribution is 6.14. The zero-order valence-electron chi connectivity index (χ0n) is 18.4. The fourth-order valence-corrected chi connectivity index (χ4v) is 5.20. The molecule has 3 aromatic rings. The largest absolute Gasteiger partial charge is 0.351 e. The lowest BCUT2D eigenvalue weighted by Gasteiger charge is -2.45. The minimum atomic E-state index is -1.02. The number of benzene rings is 2.